The fourth-order valence-electron chi connectivity index (χ4n) is 7.31. The summed E-state index contributed by atoms with van der Waals surface area (Å²) in [5.41, 5.74) is -0.574. The first-order valence-electron chi connectivity index (χ1n) is 15.4. The minimum absolute atomic E-state index is 0.0153. The molecule has 7 rings (SSSR count). The van der Waals surface area contributed by atoms with Crippen LogP contribution >= 0.6 is 11.6 Å². The maximum atomic E-state index is 15.6. The molecule has 5 aliphatic rings. The fourth-order valence-corrected chi connectivity index (χ4v) is 7.47. The van der Waals surface area contributed by atoms with E-state index in [1.54, 1.807) is 0 Å². The van der Waals surface area contributed by atoms with Gasteiger partial charge in [-0.05, 0) is 60.3 Å². The molecular formula is C30H40ClFN6O5. The Hall–Kier alpha value is -2.70. The van der Waals surface area contributed by atoms with Gasteiger partial charge in [0.15, 0.2) is 11.0 Å². The second-order valence-electron chi connectivity index (χ2n) is 13.9. The van der Waals surface area contributed by atoms with Crippen molar-refractivity contribution in [1.29, 1.82) is 0 Å². The highest BCUT2D eigenvalue weighted by Gasteiger charge is 2.54. The molecule has 234 valence electrons. The predicted molar refractivity (Wildman–Crippen MR) is 157 cm³/mol. The average Bonchev–Trinajstić information content (AvgIpc) is 3.64. The van der Waals surface area contributed by atoms with Gasteiger partial charge >= 0.3 is 12.1 Å². The van der Waals surface area contributed by atoms with Crippen LogP contribution in [-0.4, -0.2) is 106 Å². The number of rotatable bonds is 5. The van der Waals surface area contributed by atoms with Crippen molar-refractivity contribution >= 4 is 34.4 Å². The van der Waals surface area contributed by atoms with Crippen LogP contribution in [-0.2, 0) is 9.47 Å². The molecule has 2 bridgehead atoms. The Bertz CT molecular complexity index is 1440. The molecule has 43 heavy (non-hydrogen) atoms. The number of morpholine rings is 1. The third-order valence-electron chi connectivity index (χ3n) is 9.38. The van der Waals surface area contributed by atoms with Crippen molar-refractivity contribution in [2.24, 2.45) is 5.41 Å². The van der Waals surface area contributed by atoms with Crippen molar-refractivity contribution in [3.05, 3.63) is 11.0 Å². The summed E-state index contributed by atoms with van der Waals surface area (Å²) in [5.74, 6) is -0.0490. The molecule has 5 atom stereocenters. The van der Waals surface area contributed by atoms with E-state index in [-0.39, 0.29) is 58.3 Å². The van der Waals surface area contributed by atoms with E-state index in [1.807, 2.05) is 32.6 Å². The first-order valence-corrected chi connectivity index (χ1v) is 15.8. The van der Waals surface area contributed by atoms with Gasteiger partial charge in [0.2, 0.25) is 5.88 Å². The Morgan fingerprint density at radius 3 is 2.67 bits per heavy atom. The quantitative estimate of drug-likeness (QED) is 0.447. The lowest BCUT2D eigenvalue weighted by atomic mass is 9.98. The zero-order chi connectivity index (χ0) is 30.3. The zero-order valence-electron chi connectivity index (χ0n) is 25.4. The summed E-state index contributed by atoms with van der Waals surface area (Å²) >= 11 is 6.26. The van der Waals surface area contributed by atoms with E-state index in [0.717, 1.165) is 51.9 Å². The van der Waals surface area contributed by atoms with Gasteiger partial charge in [-0.3, -0.25) is 9.80 Å². The van der Waals surface area contributed by atoms with Gasteiger partial charge in [0.25, 0.3) is 0 Å². The molecule has 0 N–H and O–H groups in total. The van der Waals surface area contributed by atoms with Crippen molar-refractivity contribution in [3.63, 3.8) is 0 Å². The summed E-state index contributed by atoms with van der Waals surface area (Å²) in [6.45, 7) is 14.0. The number of halogens is 2. The molecule has 0 spiro atoms. The Labute approximate surface area is 256 Å². The maximum Gasteiger partial charge on any atom is 0.410 e. The number of piperazine rings is 1. The lowest BCUT2D eigenvalue weighted by molar-refractivity contribution is -0.0273. The Kier molecular flexibility index (Phi) is 7.05. The van der Waals surface area contributed by atoms with E-state index in [2.05, 4.69) is 26.7 Å². The van der Waals surface area contributed by atoms with E-state index >= 15 is 4.39 Å². The van der Waals surface area contributed by atoms with Crippen LogP contribution in [0.15, 0.2) is 0 Å². The van der Waals surface area contributed by atoms with Crippen molar-refractivity contribution in [3.8, 4) is 11.9 Å². The monoisotopic (exact) mass is 618 g/mol. The molecule has 1 saturated carbocycles. The second kappa shape index (κ2) is 10.4. The third-order valence-corrected chi connectivity index (χ3v) is 9.63. The number of hydrogen-bond acceptors (Lipinski definition) is 10. The van der Waals surface area contributed by atoms with Crippen molar-refractivity contribution in [2.75, 3.05) is 44.3 Å². The molecule has 3 saturated heterocycles. The lowest BCUT2D eigenvalue weighted by Gasteiger charge is -2.48. The highest BCUT2D eigenvalue weighted by Crippen LogP contribution is 2.48. The van der Waals surface area contributed by atoms with Gasteiger partial charge in [0.05, 0.1) is 37.4 Å². The van der Waals surface area contributed by atoms with E-state index < -0.39 is 17.5 Å². The molecule has 11 nitrogen and oxygen atoms in total. The molecule has 2 aromatic heterocycles. The van der Waals surface area contributed by atoms with Crippen LogP contribution in [0.3, 0.4) is 0 Å². The molecule has 4 fully saturated rings. The molecule has 1 aliphatic carbocycles. The summed E-state index contributed by atoms with van der Waals surface area (Å²) in [6.07, 6.45) is 3.19. The van der Waals surface area contributed by atoms with Gasteiger partial charge in [-0.25, -0.2) is 9.18 Å². The number of ether oxygens (including phenoxy) is 4. The van der Waals surface area contributed by atoms with E-state index in [0.29, 0.717) is 24.4 Å². The van der Waals surface area contributed by atoms with Gasteiger partial charge in [0, 0.05) is 31.6 Å². The zero-order valence-corrected chi connectivity index (χ0v) is 26.2. The highest BCUT2D eigenvalue weighted by atomic mass is 35.5. The number of amides is 1. The van der Waals surface area contributed by atoms with E-state index in [1.165, 1.54) is 0 Å². The van der Waals surface area contributed by atoms with Crippen molar-refractivity contribution in [2.45, 2.75) is 96.2 Å². The number of hydrogen-bond donors (Lipinski definition) is 0. The van der Waals surface area contributed by atoms with Crippen LogP contribution in [0.1, 0.15) is 60.3 Å². The molecule has 2 aromatic rings. The minimum atomic E-state index is -0.734. The molecule has 0 radical (unpaired) electrons. The van der Waals surface area contributed by atoms with Crippen molar-refractivity contribution < 1.29 is 28.1 Å². The summed E-state index contributed by atoms with van der Waals surface area (Å²) in [5, 5.41) is 0.0549. The Morgan fingerprint density at radius 1 is 1.16 bits per heavy atom. The largest absolute Gasteiger partial charge is 0.472 e. The second-order valence-corrected chi connectivity index (χ2v) is 14.3. The highest BCUT2D eigenvalue weighted by molar-refractivity contribution is 6.30. The summed E-state index contributed by atoms with van der Waals surface area (Å²) in [7, 11) is 0. The van der Waals surface area contributed by atoms with Gasteiger partial charge < -0.3 is 23.8 Å². The molecule has 13 heteroatoms. The predicted octanol–water partition coefficient (Wildman–Crippen LogP) is 4.43. The van der Waals surface area contributed by atoms with E-state index in [4.69, 9.17) is 35.5 Å². The maximum absolute atomic E-state index is 15.6. The number of fused-ring (bicyclic) bond motifs is 5. The standard InChI is InChI=1S/C30H40ClFN6O5/c1-16-12-36(10-11-40-16)14-30(8-9-30)15-41-27-33-22-20-25(35-27)37-13-18-6-7-19(38(18)28(39)43-29(3,4)5)23(37)17(2)42-26(20)34-24(31)21(22)32/h16-19,23H,6-15H2,1-5H3/t16-,17+,18-,19+,23-/m1/s1. The van der Waals surface area contributed by atoms with Gasteiger partial charge in [-0.15, -0.1) is 0 Å². The molecule has 0 unspecified atom stereocenters. The summed E-state index contributed by atoms with van der Waals surface area (Å²) in [6, 6.07) is -0.439. The first kappa shape index (κ1) is 29.0. The third kappa shape index (κ3) is 5.33. The van der Waals surface area contributed by atoms with Gasteiger partial charge in [-0.2, -0.15) is 15.0 Å². The average molecular weight is 619 g/mol. The van der Waals surface area contributed by atoms with Gasteiger partial charge in [-0.1, -0.05) is 11.6 Å². The number of carbonyl (C=O) groups is 1. The number of carbonyl (C=O) groups excluding carboxylic acids is 1. The first-order chi connectivity index (χ1) is 20.4. The molecule has 0 aromatic carbocycles. The number of nitrogens with zero attached hydrogens (tertiary/aromatic N) is 6. The SMILES string of the molecule is C[C@@H]1CN(CC2(COc3nc4c5c(nc(Cl)c(F)c5n3)O[C@@H](C)[C@@H]3[C@@H]5CC[C@H](CN43)N5C(=O)OC(C)(C)C)CC2)CCO1. The van der Waals surface area contributed by atoms with Crippen LogP contribution < -0.4 is 14.4 Å². The number of pyridine rings is 1. The molecule has 6 heterocycles. The number of aromatic nitrogens is 3. The van der Waals surface area contributed by atoms with Gasteiger partial charge in [0.1, 0.15) is 28.4 Å². The van der Waals surface area contributed by atoms with Crippen LogP contribution in [0.2, 0.25) is 5.15 Å². The summed E-state index contributed by atoms with van der Waals surface area (Å²) < 4.78 is 39.7. The lowest BCUT2D eigenvalue weighted by Crippen LogP contribution is -2.65. The topological polar surface area (TPSA) is 102 Å². The van der Waals surface area contributed by atoms with E-state index in [9.17, 15) is 4.79 Å². The number of anilines is 1. The Balaban J connectivity index is 1.21. The molecule has 4 aliphatic heterocycles. The summed E-state index contributed by atoms with van der Waals surface area (Å²) in [4.78, 5) is 33.4. The fraction of sp³-hybridized carbons (Fsp3) is 0.733. The van der Waals surface area contributed by atoms with Crippen molar-refractivity contribution in [1.82, 2.24) is 24.8 Å². The molecule has 1 amide bonds. The Morgan fingerprint density at radius 2 is 1.95 bits per heavy atom. The smallest absolute Gasteiger partial charge is 0.410 e. The normalized spacial score (nSPS) is 29.6. The molecular weight excluding hydrogens is 579 g/mol. The van der Waals surface area contributed by atoms with Crippen LogP contribution in [0.4, 0.5) is 15.0 Å². The van der Waals surface area contributed by atoms with Crippen LogP contribution in [0, 0.1) is 11.2 Å². The van der Waals surface area contributed by atoms with Crippen LogP contribution in [0.5, 0.6) is 11.9 Å². The minimum Gasteiger partial charge on any atom is -0.472 e. The van der Waals surface area contributed by atoms with Crippen LogP contribution in [0.25, 0.3) is 10.9 Å².